The van der Waals surface area contributed by atoms with Crippen LogP contribution in [-0.2, 0) is 0 Å². The molecule has 0 aromatic heterocycles. The second kappa shape index (κ2) is 40.3. The van der Waals surface area contributed by atoms with Crippen molar-refractivity contribution in [3.05, 3.63) is 0 Å². The van der Waals surface area contributed by atoms with Crippen molar-refractivity contribution in [2.24, 2.45) is 11.8 Å². The maximum atomic E-state index is 12.4. The third-order valence-corrected chi connectivity index (χ3v) is 13.2. The summed E-state index contributed by atoms with van der Waals surface area (Å²) in [6.07, 6.45) is 49.0. The number of hydrogen-bond acceptors (Lipinski definition) is 4. The van der Waals surface area contributed by atoms with Crippen LogP contribution in [0.1, 0.15) is 245 Å². The monoisotopic (exact) mass is 767 g/mol. The van der Waals surface area contributed by atoms with E-state index in [1.165, 1.54) is 235 Å². The van der Waals surface area contributed by atoms with E-state index in [0.29, 0.717) is 11.8 Å². The highest BCUT2D eigenvalue weighted by atomic mass is 32.2. The van der Waals surface area contributed by atoms with Gasteiger partial charge in [-0.3, -0.25) is 9.59 Å². The lowest BCUT2D eigenvalue weighted by molar-refractivity contribution is 0.237. The van der Waals surface area contributed by atoms with Crippen LogP contribution in [0.3, 0.4) is 0 Å². The fourth-order valence-electron chi connectivity index (χ4n) is 7.96. The molecule has 0 saturated heterocycles. The van der Waals surface area contributed by atoms with Crippen LogP contribution >= 0.6 is 23.5 Å². The SMILES string of the molecule is CCCCCCCCCCCCCCCCCCSC(=O)NCC1CCCC(CNC(=O)SCCCCCCCCCCCCCCCCCC)C1. The zero-order valence-corrected chi connectivity index (χ0v) is 36.7. The highest BCUT2D eigenvalue weighted by molar-refractivity contribution is 8.13. The van der Waals surface area contributed by atoms with Gasteiger partial charge in [-0.2, -0.15) is 0 Å². The van der Waals surface area contributed by atoms with Crippen LogP contribution in [0, 0.1) is 11.8 Å². The van der Waals surface area contributed by atoms with Crippen molar-refractivity contribution in [3.63, 3.8) is 0 Å². The van der Waals surface area contributed by atoms with Gasteiger partial charge in [0.15, 0.2) is 0 Å². The van der Waals surface area contributed by atoms with Gasteiger partial charge in [-0.15, -0.1) is 0 Å². The van der Waals surface area contributed by atoms with Crippen LogP contribution in [0.15, 0.2) is 0 Å². The van der Waals surface area contributed by atoms with Crippen molar-refractivity contribution in [3.8, 4) is 0 Å². The van der Waals surface area contributed by atoms with E-state index in [4.69, 9.17) is 0 Å². The van der Waals surface area contributed by atoms with Gasteiger partial charge in [-0.25, -0.2) is 0 Å². The molecule has 1 saturated carbocycles. The molecule has 2 amide bonds. The largest absolute Gasteiger partial charge is 0.347 e. The molecule has 1 rings (SSSR count). The van der Waals surface area contributed by atoms with E-state index in [9.17, 15) is 9.59 Å². The van der Waals surface area contributed by atoms with Gasteiger partial charge >= 0.3 is 0 Å². The minimum absolute atomic E-state index is 0.155. The Kier molecular flexibility index (Phi) is 38.5. The summed E-state index contributed by atoms with van der Waals surface area (Å²) >= 11 is 2.96. The van der Waals surface area contributed by atoms with E-state index in [0.717, 1.165) is 43.9 Å². The zero-order chi connectivity index (χ0) is 37.4. The summed E-state index contributed by atoms with van der Waals surface area (Å²) in [4.78, 5) is 24.9. The number of nitrogens with one attached hydrogen (secondary N) is 2. The molecular formula is C46H90N2O2S2. The van der Waals surface area contributed by atoms with E-state index in [2.05, 4.69) is 24.5 Å². The molecule has 308 valence electrons. The smallest absolute Gasteiger partial charge is 0.279 e. The molecule has 52 heavy (non-hydrogen) atoms. The third-order valence-electron chi connectivity index (χ3n) is 11.4. The lowest BCUT2D eigenvalue weighted by atomic mass is 9.81. The standard InChI is InChI=1S/C46H90N2O2S2/c1-3-5-7-9-11-13-15-17-19-21-23-25-27-29-31-33-38-51-45(49)47-41-43-36-35-37-44(40-43)42-48-46(50)52-39-34-32-30-28-26-24-22-20-18-16-14-12-10-8-6-4-2/h43-44H,3-42H2,1-2H3,(H,47,49)(H,48,50). The number of unbranched alkanes of at least 4 members (excludes halogenated alkanes) is 30. The number of carbonyl (C=O) groups excluding carboxylic acids is 2. The van der Waals surface area contributed by atoms with E-state index in [1.807, 2.05) is 0 Å². The van der Waals surface area contributed by atoms with Crippen molar-refractivity contribution in [2.75, 3.05) is 24.6 Å². The first-order chi connectivity index (χ1) is 25.7. The average Bonchev–Trinajstić information content (AvgIpc) is 3.15. The van der Waals surface area contributed by atoms with Gasteiger partial charge in [0.25, 0.3) is 10.5 Å². The van der Waals surface area contributed by atoms with Crippen molar-refractivity contribution < 1.29 is 9.59 Å². The molecule has 6 heteroatoms. The fourth-order valence-corrected chi connectivity index (χ4v) is 9.40. The predicted octanol–water partition coefficient (Wildman–Crippen LogP) is 16.2. The highest BCUT2D eigenvalue weighted by Gasteiger charge is 2.23. The lowest BCUT2D eigenvalue weighted by Crippen LogP contribution is -2.34. The summed E-state index contributed by atoms with van der Waals surface area (Å²) in [6, 6.07) is 0. The number of amides is 2. The Hall–Kier alpha value is -0.360. The minimum atomic E-state index is 0.155. The number of hydrogen-bond donors (Lipinski definition) is 2. The molecule has 0 aliphatic heterocycles. The molecule has 2 unspecified atom stereocenters. The van der Waals surface area contributed by atoms with Crippen molar-refractivity contribution in [2.45, 2.75) is 245 Å². The Morgan fingerprint density at radius 2 is 0.654 bits per heavy atom. The van der Waals surface area contributed by atoms with Gasteiger partial charge in [-0.05, 0) is 43.9 Å². The molecule has 2 atom stereocenters. The van der Waals surface area contributed by atoms with E-state index in [1.54, 1.807) is 0 Å². The summed E-state index contributed by atoms with van der Waals surface area (Å²) in [5.74, 6) is 2.99. The second-order valence-corrected chi connectivity index (χ2v) is 18.7. The Balaban J connectivity index is 1.85. The summed E-state index contributed by atoms with van der Waals surface area (Å²) in [6.45, 7) is 6.17. The van der Waals surface area contributed by atoms with E-state index < -0.39 is 0 Å². The van der Waals surface area contributed by atoms with Crippen molar-refractivity contribution >= 4 is 34.0 Å². The molecule has 0 radical (unpaired) electrons. The van der Waals surface area contributed by atoms with Crippen LogP contribution in [0.2, 0.25) is 0 Å². The Bertz CT molecular complexity index is 707. The van der Waals surface area contributed by atoms with Gasteiger partial charge in [0.2, 0.25) is 0 Å². The van der Waals surface area contributed by atoms with Gasteiger partial charge in [-0.1, -0.05) is 236 Å². The van der Waals surface area contributed by atoms with E-state index >= 15 is 0 Å². The maximum absolute atomic E-state index is 12.4. The van der Waals surface area contributed by atoms with Crippen LogP contribution in [0.25, 0.3) is 0 Å². The molecule has 0 bridgehead atoms. The first kappa shape index (κ1) is 49.7. The molecule has 1 aliphatic carbocycles. The normalized spacial score (nSPS) is 16.0. The molecule has 0 aromatic carbocycles. The van der Waals surface area contributed by atoms with Crippen molar-refractivity contribution in [1.82, 2.24) is 10.6 Å². The second-order valence-electron chi connectivity index (χ2n) is 16.5. The molecule has 0 heterocycles. The van der Waals surface area contributed by atoms with Crippen molar-refractivity contribution in [1.29, 1.82) is 0 Å². The fraction of sp³-hybridized carbons (Fsp3) is 0.957. The highest BCUT2D eigenvalue weighted by Crippen LogP contribution is 2.29. The quantitative estimate of drug-likeness (QED) is 0.0615. The maximum Gasteiger partial charge on any atom is 0.279 e. The average molecular weight is 767 g/mol. The molecule has 1 fully saturated rings. The number of carbonyl (C=O) groups is 2. The summed E-state index contributed by atoms with van der Waals surface area (Å²) < 4.78 is 0. The summed E-state index contributed by atoms with van der Waals surface area (Å²) in [5, 5.41) is 6.71. The van der Waals surface area contributed by atoms with Crippen LogP contribution in [-0.4, -0.2) is 35.1 Å². The van der Waals surface area contributed by atoms with Gasteiger partial charge in [0.05, 0.1) is 0 Å². The minimum Gasteiger partial charge on any atom is -0.347 e. The number of rotatable bonds is 38. The van der Waals surface area contributed by atoms with Gasteiger partial charge < -0.3 is 10.6 Å². The molecule has 0 aromatic rings. The third kappa shape index (κ3) is 35.3. The van der Waals surface area contributed by atoms with E-state index in [-0.39, 0.29) is 10.5 Å². The first-order valence-electron chi connectivity index (χ1n) is 23.5. The Morgan fingerprint density at radius 3 is 0.923 bits per heavy atom. The van der Waals surface area contributed by atoms with Gasteiger partial charge in [0, 0.05) is 24.6 Å². The van der Waals surface area contributed by atoms with Crippen LogP contribution in [0.5, 0.6) is 0 Å². The predicted molar refractivity (Wildman–Crippen MR) is 236 cm³/mol. The topological polar surface area (TPSA) is 58.2 Å². The molecular weight excluding hydrogens is 677 g/mol. The molecule has 0 spiro atoms. The van der Waals surface area contributed by atoms with Crippen LogP contribution < -0.4 is 10.6 Å². The zero-order valence-electron chi connectivity index (χ0n) is 35.1. The number of thioether (sulfide) groups is 2. The summed E-state index contributed by atoms with van der Waals surface area (Å²) in [5.41, 5.74) is 0. The molecule has 4 nitrogen and oxygen atoms in total. The molecule has 2 N–H and O–H groups in total. The Morgan fingerprint density at radius 1 is 0.404 bits per heavy atom. The van der Waals surface area contributed by atoms with Gasteiger partial charge in [0.1, 0.15) is 0 Å². The summed E-state index contributed by atoms with van der Waals surface area (Å²) in [7, 11) is 0. The molecule has 1 aliphatic rings. The lowest BCUT2D eigenvalue weighted by Gasteiger charge is -2.29. The Labute approximate surface area is 334 Å². The van der Waals surface area contributed by atoms with Crippen LogP contribution in [0.4, 0.5) is 9.59 Å². The first-order valence-corrected chi connectivity index (χ1v) is 25.4.